The zero-order chi connectivity index (χ0) is 17.9. The molecule has 0 aromatic heterocycles. The van der Waals surface area contributed by atoms with Crippen LogP contribution in [0.1, 0.15) is 24.0 Å². The maximum Gasteiger partial charge on any atom is 0.240 e. The number of benzene rings is 2. The Morgan fingerprint density at radius 2 is 1.84 bits per heavy atom. The molecule has 1 saturated carbocycles. The molecular formula is C20H21FN2O2. The van der Waals surface area contributed by atoms with Gasteiger partial charge in [0.05, 0.1) is 0 Å². The molecule has 1 aliphatic rings. The van der Waals surface area contributed by atoms with Crippen LogP contribution in [-0.2, 0) is 16.0 Å². The number of halogens is 1. The van der Waals surface area contributed by atoms with Crippen molar-refractivity contribution in [2.45, 2.75) is 26.2 Å². The average Bonchev–Trinajstić information content (AvgIpc) is 3.38. The molecule has 25 heavy (non-hydrogen) atoms. The van der Waals surface area contributed by atoms with E-state index >= 15 is 0 Å². The molecule has 0 heterocycles. The summed E-state index contributed by atoms with van der Waals surface area (Å²) in [6.07, 6.45) is 1.47. The Labute approximate surface area is 146 Å². The van der Waals surface area contributed by atoms with Crippen LogP contribution < -0.4 is 10.6 Å². The van der Waals surface area contributed by atoms with Gasteiger partial charge in [-0.15, -0.1) is 0 Å². The van der Waals surface area contributed by atoms with Gasteiger partial charge >= 0.3 is 0 Å². The molecule has 0 aliphatic heterocycles. The fraction of sp³-hybridized carbons (Fsp3) is 0.300. The number of nitrogens with one attached hydrogen (secondary N) is 2. The second-order valence-electron chi connectivity index (χ2n) is 6.50. The van der Waals surface area contributed by atoms with E-state index < -0.39 is 5.41 Å². The van der Waals surface area contributed by atoms with Crippen LogP contribution in [0, 0.1) is 18.2 Å². The first-order valence-electron chi connectivity index (χ1n) is 8.41. The van der Waals surface area contributed by atoms with Gasteiger partial charge in [0.1, 0.15) is 11.2 Å². The number of hydrogen-bond acceptors (Lipinski definition) is 2. The topological polar surface area (TPSA) is 58.2 Å². The number of rotatable bonds is 6. The maximum atomic E-state index is 13.6. The molecule has 1 fully saturated rings. The largest absolute Gasteiger partial charge is 0.355 e. The normalized spacial score (nSPS) is 14.6. The van der Waals surface area contributed by atoms with E-state index in [-0.39, 0.29) is 17.6 Å². The molecule has 2 aromatic carbocycles. The van der Waals surface area contributed by atoms with Crippen molar-refractivity contribution in [3.8, 4) is 0 Å². The Kier molecular flexibility index (Phi) is 4.83. The summed E-state index contributed by atoms with van der Waals surface area (Å²) in [6.45, 7) is 2.25. The minimum atomic E-state index is -0.987. The highest BCUT2D eigenvalue weighted by molar-refractivity contribution is 6.13. The van der Waals surface area contributed by atoms with E-state index in [1.807, 2.05) is 25.1 Å². The first-order valence-corrected chi connectivity index (χ1v) is 8.41. The van der Waals surface area contributed by atoms with Gasteiger partial charge in [-0.05, 0) is 55.5 Å². The number of carbonyl (C=O) groups is 2. The molecule has 2 amide bonds. The number of aryl methyl sites for hydroxylation is 1. The van der Waals surface area contributed by atoms with Crippen LogP contribution in [0.3, 0.4) is 0 Å². The smallest absolute Gasteiger partial charge is 0.240 e. The lowest BCUT2D eigenvalue weighted by Crippen LogP contribution is -2.40. The van der Waals surface area contributed by atoms with Gasteiger partial charge in [0.15, 0.2) is 0 Å². The molecule has 4 nitrogen and oxygen atoms in total. The third kappa shape index (κ3) is 3.87. The van der Waals surface area contributed by atoms with Crippen molar-refractivity contribution in [3.63, 3.8) is 0 Å². The van der Waals surface area contributed by atoms with Gasteiger partial charge in [-0.1, -0.05) is 30.3 Å². The summed E-state index contributed by atoms with van der Waals surface area (Å²) in [6, 6.07) is 14.0. The number of carbonyl (C=O) groups excluding carboxylic acids is 2. The summed E-state index contributed by atoms with van der Waals surface area (Å²) in [7, 11) is 0. The van der Waals surface area contributed by atoms with Crippen LogP contribution >= 0.6 is 0 Å². The van der Waals surface area contributed by atoms with Crippen molar-refractivity contribution in [3.05, 3.63) is 65.5 Å². The highest BCUT2D eigenvalue weighted by Gasteiger charge is 2.56. The Morgan fingerprint density at radius 1 is 1.08 bits per heavy atom. The summed E-state index contributed by atoms with van der Waals surface area (Å²) < 4.78 is 13.6. The lowest BCUT2D eigenvalue weighted by molar-refractivity contribution is -0.134. The standard InChI is InChI=1S/C20H21FN2O2/c1-14-5-4-7-16(13-14)23-19(25)20(10-11-20)18(24)22-12-9-15-6-2-3-8-17(15)21/h2-8,13H,9-12H2,1H3,(H,22,24)(H,23,25). The quantitative estimate of drug-likeness (QED) is 0.794. The highest BCUT2D eigenvalue weighted by atomic mass is 19.1. The van der Waals surface area contributed by atoms with Crippen molar-refractivity contribution in [2.24, 2.45) is 5.41 Å². The fourth-order valence-corrected chi connectivity index (χ4v) is 2.84. The molecule has 0 bridgehead atoms. The van der Waals surface area contributed by atoms with Crippen LogP contribution in [0.15, 0.2) is 48.5 Å². The zero-order valence-electron chi connectivity index (χ0n) is 14.1. The molecule has 5 heteroatoms. The van der Waals surface area contributed by atoms with E-state index in [2.05, 4.69) is 10.6 Å². The van der Waals surface area contributed by atoms with Crippen LogP contribution in [0.25, 0.3) is 0 Å². The van der Waals surface area contributed by atoms with Gasteiger partial charge < -0.3 is 10.6 Å². The van der Waals surface area contributed by atoms with Gasteiger partial charge in [0.25, 0.3) is 0 Å². The summed E-state index contributed by atoms with van der Waals surface area (Å²) in [5, 5.41) is 5.60. The van der Waals surface area contributed by atoms with Crippen molar-refractivity contribution in [2.75, 3.05) is 11.9 Å². The van der Waals surface area contributed by atoms with E-state index in [4.69, 9.17) is 0 Å². The molecular weight excluding hydrogens is 319 g/mol. The lowest BCUT2D eigenvalue weighted by Gasteiger charge is -2.16. The molecule has 3 rings (SSSR count). The summed E-state index contributed by atoms with van der Waals surface area (Å²) >= 11 is 0. The van der Waals surface area contributed by atoms with Gasteiger partial charge in [-0.25, -0.2) is 4.39 Å². The van der Waals surface area contributed by atoms with E-state index in [9.17, 15) is 14.0 Å². The second kappa shape index (κ2) is 7.05. The molecule has 2 aromatic rings. The minimum Gasteiger partial charge on any atom is -0.355 e. The Morgan fingerprint density at radius 3 is 2.52 bits per heavy atom. The molecule has 0 atom stereocenters. The van der Waals surface area contributed by atoms with Crippen molar-refractivity contribution < 1.29 is 14.0 Å². The van der Waals surface area contributed by atoms with E-state index in [1.165, 1.54) is 6.07 Å². The molecule has 0 radical (unpaired) electrons. The van der Waals surface area contributed by atoms with Gasteiger partial charge in [0, 0.05) is 12.2 Å². The van der Waals surface area contributed by atoms with Crippen LogP contribution in [0.2, 0.25) is 0 Å². The van der Waals surface area contributed by atoms with Crippen molar-refractivity contribution in [1.29, 1.82) is 0 Å². The van der Waals surface area contributed by atoms with Crippen LogP contribution in [-0.4, -0.2) is 18.4 Å². The first-order chi connectivity index (χ1) is 12.0. The van der Waals surface area contributed by atoms with Crippen molar-refractivity contribution in [1.82, 2.24) is 5.32 Å². The third-order valence-electron chi connectivity index (χ3n) is 4.53. The van der Waals surface area contributed by atoms with E-state index in [1.54, 1.807) is 24.3 Å². The SMILES string of the molecule is Cc1cccc(NC(=O)C2(C(=O)NCCc3ccccc3F)CC2)c1. The van der Waals surface area contributed by atoms with Crippen LogP contribution in [0.4, 0.5) is 10.1 Å². The third-order valence-corrected chi connectivity index (χ3v) is 4.53. The number of hydrogen-bond donors (Lipinski definition) is 2. The Bertz CT molecular complexity index is 800. The predicted molar refractivity (Wildman–Crippen MR) is 94.6 cm³/mol. The molecule has 130 valence electrons. The predicted octanol–water partition coefficient (Wildman–Crippen LogP) is 3.21. The van der Waals surface area contributed by atoms with Gasteiger partial charge in [-0.2, -0.15) is 0 Å². The minimum absolute atomic E-state index is 0.276. The summed E-state index contributed by atoms with van der Waals surface area (Å²) in [5.41, 5.74) is 1.29. The number of anilines is 1. The zero-order valence-corrected chi connectivity index (χ0v) is 14.1. The molecule has 2 N–H and O–H groups in total. The second-order valence-corrected chi connectivity index (χ2v) is 6.50. The van der Waals surface area contributed by atoms with E-state index in [0.717, 1.165) is 5.56 Å². The Balaban J connectivity index is 1.56. The molecule has 0 saturated heterocycles. The highest BCUT2D eigenvalue weighted by Crippen LogP contribution is 2.46. The van der Waals surface area contributed by atoms with E-state index in [0.29, 0.717) is 37.1 Å². The summed E-state index contributed by atoms with van der Waals surface area (Å²) in [4.78, 5) is 24.9. The Hall–Kier alpha value is -2.69. The van der Waals surface area contributed by atoms with Gasteiger partial charge in [-0.3, -0.25) is 9.59 Å². The lowest BCUT2D eigenvalue weighted by atomic mass is 10.0. The molecule has 1 aliphatic carbocycles. The first kappa shape index (κ1) is 17.1. The molecule has 0 spiro atoms. The van der Waals surface area contributed by atoms with Crippen molar-refractivity contribution >= 4 is 17.5 Å². The monoisotopic (exact) mass is 340 g/mol. The maximum absolute atomic E-state index is 13.6. The fourth-order valence-electron chi connectivity index (χ4n) is 2.84. The van der Waals surface area contributed by atoms with Crippen LogP contribution in [0.5, 0.6) is 0 Å². The summed E-state index contributed by atoms with van der Waals surface area (Å²) in [5.74, 6) is -0.842. The number of amides is 2. The van der Waals surface area contributed by atoms with Gasteiger partial charge in [0.2, 0.25) is 11.8 Å². The average molecular weight is 340 g/mol. The molecule has 0 unspecified atom stereocenters.